The molecule has 0 bridgehead atoms. The number of hydrogen-bond acceptors (Lipinski definition) is 14. The number of benzene rings is 3. The van der Waals surface area contributed by atoms with Gasteiger partial charge in [-0.15, -0.1) is 0 Å². The number of aliphatic hydroxyl groups excluding tert-OH is 2. The average Bonchev–Trinajstić information content (AvgIpc) is 2.28. The standard InChI is InChI=1S/C60H83N15O13/c1-33(2)25-38(52(81)70-44(18-12-24-66-59(62)64-5)54(83)71-45(51(61)80)28-39-30-67-43-17-10-9-16-42(39)43)15-11-23-65-53(82)46(26-36-13-7-6-8-14-36)72-57(86)50(34(3)76)74-55(84)48(31-68-60(63)88)73-56(85)49-29-41(79)32-75(49)58(87)47(69-35(4)77)27-37-19-21-40(78)22-20-37/h6-11,13-17,19-22,30,33-34,38,41,44-50,67,76,78-79H,12,18,23-29,31-32H2,1-5H3,(H2,61,80)(H,65,82)(H,69,77)(H,70,81)(H,71,83)(H,72,86)(H,73,85)(H,74,84)(H3,62,64,66)(H3,63,68,88)/b15-11+/t34-,38+,41-,44+,45+,46+,47-,48+,49+,50+/m1/s1. The minimum atomic E-state index is -1.79. The summed E-state index contributed by atoms with van der Waals surface area (Å²) in [5.74, 6) is -7.84. The number of rotatable bonds is 32. The zero-order chi connectivity index (χ0) is 64.6. The summed E-state index contributed by atoms with van der Waals surface area (Å²) in [4.78, 5) is 144. The number of nitrogens with one attached hydrogen (secondary N) is 10. The van der Waals surface area contributed by atoms with Gasteiger partial charge in [-0.2, -0.15) is 0 Å². The van der Waals surface area contributed by atoms with E-state index >= 15 is 0 Å². The highest BCUT2D eigenvalue weighted by Gasteiger charge is 2.43. The molecule has 19 N–H and O–H groups in total. The molecule has 88 heavy (non-hydrogen) atoms. The van der Waals surface area contributed by atoms with Crippen LogP contribution in [0.25, 0.3) is 10.9 Å². The Morgan fingerprint density at radius 2 is 1.34 bits per heavy atom. The maximum Gasteiger partial charge on any atom is 0.312 e. The first kappa shape index (κ1) is 69.2. The van der Waals surface area contributed by atoms with Crippen LogP contribution in [0.3, 0.4) is 0 Å². The van der Waals surface area contributed by atoms with E-state index < -0.39 is 126 Å². The van der Waals surface area contributed by atoms with E-state index in [4.69, 9.17) is 17.2 Å². The topological polar surface area (TPSA) is 449 Å². The van der Waals surface area contributed by atoms with Gasteiger partial charge in [0.2, 0.25) is 53.2 Å². The first-order valence-electron chi connectivity index (χ1n) is 28.9. The van der Waals surface area contributed by atoms with Crippen molar-refractivity contribution in [2.75, 3.05) is 33.2 Å². The lowest BCUT2D eigenvalue weighted by Crippen LogP contribution is -2.62. The number of carbonyl (C=O) groups is 10. The van der Waals surface area contributed by atoms with Gasteiger partial charge in [-0.1, -0.05) is 86.7 Å². The van der Waals surface area contributed by atoms with Crippen molar-refractivity contribution in [3.05, 3.63) is 114 Å². The van der Waals surface area contributed by atoms with Gasteiger partial charge in [-0.3, -0.25) is 48.1 Å². The molecule has 5 rings (SSSR count). The van der Waals surface area contributed by atoms with Crippen LogP contribution in [-0.4, -0.2) is 178 Å². The van der Waals surface area contributed by atoms with Gasteiger partial charge in [0.1, 0.15) is 48.0 Å². The van der Waals surface area contributed by atoms with Crippen molar-refractivity contribution in [2.45, 2.75) is 127 Å². The van der Waals surface area contributed by atoms with E-state index in [1.807, 2.05) is 38.1 Å². The fourth-order valence-corrected chi connectivity index (χ4v) is 9.94. The monoisotopic (exact) mass is 1220 g/mol. The number of phenolic OH excluding ortho intramolecular Hbond substituents is 1. The van der Waals surface area contributed by atoms with Gasteiger partial charge in [0.15, 0.2) is 5.96 Å². The summed E-state index contributed by atoms with van der Waals surface area (Å²) in [6.45, 7) is 5.32. The van der Waals surface area contributed by atoms with Gasteiger partial charge >= 0.3 is 6.03 Å². The van der Waals surface area contributed by atoms with Crippen LogP contribution in [0.15, 0.2) is 102 Å². The smallest absolute Gasteiger partial charge is 0.312 e. The van der Waals surface area contributed by atoms with Gasteiger partial charge < -0.3 is 90.3 Å². The molecule has 28 heteroatoms. The van der Waals surface area contributed by atoms with E-state index in [2.05, 4.69) is 57.8 Å². The van der Waals surface area contributed by atoms with E-state index in [9.17, 15) is 63.3 Å². The van der Waals surface area contributed by atoms with Gasteiger partial charge in [0.25, 0.3) is 0 Å². The molecule has 28 nitrogen and oxygen atoms in total. The third-order valence-electron chi connectivity index (χ3n) is 14.4. The van der Waals surface area contributed by atoms with E-state index in [0.29, 0.717) is 30.5 Å². The molecule has 0 unspecified atom stereocenters. The van der Waals surface area contributed by atoms with Crippen molar-refractivity contribution in [1.82, 2.24) is 57.7 Å². The number of guanidine groups is 1. The lowest BCUT2D eigenvalue weighted by Gasteiger charge is -2.30. The van der Waals surface area contributed by atoms with Crippen LogP contribution in [0.1, 0.15) is 70.1 Å². The van der Waals surface area contributed by atoms with E-state index in [-0.39, 0.29) is 62.8 Å². The Labute approximate surface area is 509 Å². The summed E-state index contributed by atoms with van der Waals surface area (Å²) < 4.78 is 0. The maximum atomic E-state index is 14.2. The summed E-state index contributed by atoms with van der Waals surface area (Å²) in [7, 11) is 1.51. The van der Waals surface area contributed by atoms with Gasteiger partial charge in [-0.25, -0.2) is 4.79 Å². The number of urea groups is 1. The Morgan fingerprint density at radius 1 is 0.705 bits per heavy atom. The number of aliphatic hydroxyl groups is 2. The zero-order valence-electron chi connectivity index (χ0n) is 49.9. The summed E-state index contributed by atoms with van der Waals surface area (Å²) in [6, 6.07) is 11.0. The van der Waals surface area contributed by atoms with Crippen molar-refractivity contribution < 1.29 is 63.3 Å². The third kappa shape index (κ3) is 21.7. The van der Waals surface area contributed by atoms with Crippen molar-refractivity contribution >= 4 is 76.1 Å². The number of phenols is 1. The fourth-order valence-electron chi connectivity index (χ4n) is 9.94. The maximum absolute atomic E-state index is 14.2. The number of carbonyl (C=O) groups excluding carboxylic acids is 10. The Balaban J connectivity index is 1.29. The number of likely N-dealkylation sites (tertiary alicyclic amines) is 1. The molecule has 10 atom stereocenters. The van der Waals surface area contributed by atoms with Gasteiger partial charge in [-0.05, 0) is 67.0 Å². The molecule has 11 amide bonds. The van der Waals surface area contributed by atoms with Crippen LogP contribution in [0.5, 0.6) is 5.75 Å². The predicted molar refractivity (Wildman–Crippen MR) is 326 cm³/mol. The highest BCUT2D eigenvalue weighted by molar-refractivity contribution is 5.98. The molecular formula is C60H83N15O13. The summed E-state index contributed by atoms with van der Waals surface area (Å²) in [5, 5.41) is 55.7. The molecule has 0 radical (unpaired) electrons. The second kappa shape index (κ2) is 33.9. The lowest BCUT2D eigenvalue weighted by molar-refractivity contribution is -0.142. The first-order valence-corrected chi connectivity index (χ1v) is 28.9. The van der Waals surface area contributed by atoms with Crippen LogP contribution in [-0.2, 0) is 62.4 Å². The minimum Gasteiger partial charge on any atom is -0.508 e. The first-order chi connectivity index (χ1) is 41.8. The van der Waals surface area contributed by atoms with Crippen LogP contribution in [0, 0.1) is 11.8 Å². The van der Waals surface area contributed by atoms with E-state index in [1.54, 1.807) is 42.6 Å². The van der Waals surface area contributed by atoms with Crippen molar-refractivity contribution in [3.8, 4) is 5.75 Å². The second-order valence-electron chi connectivity index (χ2n) is 22.0. The number of fused-ring (bicyclic) bond motifs is 1. The number of nitrogens with two attached hydrogens (primary N) is 3. The molecular weight excluding hydrogens is 1140 g/mol. The number of H-pyrrole nitrogens is 1. The van der Waals surface area contributed by atoms with Crippen molar-refractivity contribution in [2.24, 2.45) is 34.0 Å². The molecule has 0 spiro atoms. The summed E-state index contributed by atoms with van der Waals surface area (Å²) in [5.41, 5.74) is 19.7. The van der Waals surface area contributed by atoms with Gasteiger partial charge in [0.05, 0.1) is 18.1 Å². The average molecular weight is 1220 g/mol. The van der Waals surface area contributed by atoms with Crippen molar-refractivity contribution in [1.29, 1.82) is 0 Å². The van der Waals surface area contributed by atoms with Gasteiger partial charge in [0, 0.05) is 82.9 Å². The number of aromatic amines is 1. The molecule has 1 aromatic heterocycles. The number of primary amides is 2. The highest BCUT2D eigenvalue weighted by atomic mass is 16.3. The normalized spacial score (nSPS) is 16.8. The Morgan fingerprint density at radius 3 is 1.99 bits per heavy atom. The largest absolute Gasteiger partial charge is 0.508 e. The second-order valence-corrected chi connectivity index (χ2v) is 22.0. The number of nitrogens with zero attached hydrogens (tertiary/aromatic N) is 2. The van der Waals surface area contributed by atoms with Crippen molar-refractivity contribution in [3.63, 3.8) is 0 Å². The van der Waals surface area contributed by atoms with E-state index in [1.165, 1.54) is 51.2 Å². The number of hydrogen-bond donors (Lipinski definition) is 16. The van der Waals surface area contributed by atoms with E-state index in [0.717, 1.165) is 21.4 Å². The number of para-hydroxylation sites is 1. The third-order valence-corrected chi connectivity index (χ3v) is 14.4. The quantitative estimate of drug-likeness (QED) is 0.0109. The number of aromatic hydroxyl groups is 1. The number of amides is 11. The molecule has 4 aromatic rings. The van der Waals surface area contributed by atoms with Crippen LogP contribution >= 0.6 is 0 Å². The molecule has 1 fully saturated rings. The molecule has 2 heterocycles. The SMILES string of the molecule is CN=C(N)NCCC[C@H](NC(=O)[C@@H](/C=C/CNC(=O)[C@H](Cc1ccccc1)NC(=O)[C@@H](NC(=O)[C@H](CNC(N)=O)NC(=O)[C@@H]1C[C@@H](O)CN1C(=O)[C@@H](Cc1ccc(O)cc1)NC(C)=O)[C@@H](C)O)CC(C)C)C(=O)N[C@@H](Cc1c[nH]c2ccccc12)C(N)=O. The molecule has 1 aliphatic heterocycles. The molecule has 0 saturated carbocycles. The molecule has 0 aliphatic carbocycles. The lowest BCUT2D eigenvalue weighted by atomic mass is 9.95. The van der Waals surface area contributed by atoms with Crippen LogP contribution in [0.4, 0.5) is 4.79 Å². The predicted octanol–water partition coefficient (Wildman–Crippen LogP) is -2.02. The Bertz CT molecular complexity index is 3120. The summed E-state index contributed by atoms with van der Waals surface area (Å²) in [6.07, 6.45) is 2.41. The molecule has 3 aromatic carbocycles. The molecule has 476 valence electrons. The highest BCUT2D eigenvalue weighted by Crippen LogP contribution is 2.23. The van der Waals surface area contributed by atoms with Crippen LogP contribution in [0.2, 0.25) is 0 Å². The van der Waals surface area contributed by atoms with Crippen LogP contribution < -0.4 is 65.1 Å². The fraction of sp³-hybridized carbons (Fsp3) is 0.450. The Hall–Kier alpha value is -9.57. The Kier molecular flexibility index (Phi) is 26.7. The summed E-state index contributed by atoms with van der Waals surface area (Å²) >= 11 is 0. The number of aromatic nitrogens is 1. The molecule has 1 aliphatic rings. The minimum absolute atomic E-state index is 0.0291. The molecule has 1 saturated heterocycles. The number of aliphatic imine (C=N–C) groups is 1. The number of β-amino-alcohol motifs (C(OH)–C–C–N with tert-alkyl or cyclic N) is 1. The zero-order valence-corrected chi connectivity index (χ0v) is 49.9.